The number of carbonyl (C=O) groups excluding carboxylic acids is 2. The van der Waals surface area contributed by atoms with Gasteiger partial charge in [-0.15, -0.1) is 0 Å². The molecule has 5 aromatic carbocycles. The van der Waals surface area contributed by atoms with E-state index in [9.17, 15) is 9.59 Å². The van der Waals surface area contributed by atoms with Gasteiger partial charge in [-0.25, -0.2) is 4.79 Å². The molecule has 2 aliphatic heterocycles. The second kappa shape index (κ2) is 19.1. The highest BCUT2D eigenvalue weighted by atomic mass is 35.5. The highest BCUT2D eigenvalue weighted by Gasteiger charge is 2.73. The van der Waals surface area contributed by atoms with Crippen molar-refractivity contribution >= 4 is 23.5 Å². The normalized spacial score (nSPS) is 22.2. The molecule has 11 heteroatoms. The SMILES string of the molecule is CCOc1ccc(Cc2cc([C@]34OC[C@](C(=O)OCOC(=O)C(C)(C)C)(O3)[C@@H](OCc3ccccc3)[C@H](OCc3ccccc3)[C@H]4OCc3ccccc3)ccc2Cl)cc1. The summed E-state index contributed by atoms with van der Waals surface area (Å²) in [4.78, 5) is 27.5. The summed E-state index contributed by atoms with van der Waals surface area (Å²) in [5, 5.41) is 0.534. The number of esters is 2. The first-order valence-electron chi connectivity index (χ1n) is 20.2. The zero-order valence-electron chi connectivity index (χ0n) is 34.3. The Morgan fingerprint density at radius 1 is 0.700 bits per heavy atom. The van der Waals surface area contributed by atoms with Gasteiger partial charge in [-0.2, -0.15) is 0 Å². The summed E-state index contributed by atoms with van der Waals surface area (Å²) < 4.78 is 51.3. The van der Waals surface area contributed by atoms with Crippen LogP contribution in [0.3, 0.4) is 0 Å². The zero-order chi connectivity index (χ0) is 42.2. The molecule has 2 saturated heterocycles. The van der Waals surface area contributed by atoms with Crippen molar-refractivity contribution in [3.05, 3.63) is 172 Å². The molecule has 0 aliphatic carbocycles. The fourth-order valence-electron chi connectivity index (χ4n) is 7.38. The lowest BCUT2D eigenvalue weighted by atomic mass is 9.82. The highest BCUT2D eigenvalue weighted by molar-refractivity contribution is 6.31. The van der Waals surface area contributed by atoms with Gasteiger partial charge in [0, 0.05) is 10.6 Å². The van der Waals surface area contributed by atoms with Crippen molar-refractivity contribution in [1.29, 1.82) is 0 Å². The van der Waals surface area contributed by atoms with E-state index >= 15 is 0 Å². The van der Waals surface area contributed by atoms with E-state index in [1.54, 1.807) is 26.8 Å². The predicted octanol–water partition coefficient (Wildman–Crippen LogP) is 9.13. The van der Waals surface area contributed by atoms with Crippen LogP contribution in [0.25, 0.3) is 0 Å². The van der Waals surface area contributed by atoms with Gasteiger partial charge in [0.15, 0.2) is 0 Å². The molecule has 0 saturated carbocycles. The first kappa shape index (κ1) is 43.0. The van der Waals surface area contributed by atoms with Crippen LogP contribution in [0, 0.1) is 5.41 Å². The minimum Gasteiger partial charge on any atom is -0.494 e. The third-order valence-corrected chi connectivity index (χ3v) is 10.9. The second-order valence-electron chi connectivity index (χ2n) is 15.9. The van der Waals surface area contributed by atoms with Gasteiger partial charge in [0.1, 0.15) is 24.1 Å². The molecule has 0 unspecified atom stereocenters. The van der Waals surface area contributed by atoms with E-state index in [1.165, 1.54) is 0 Å². The molecule has 7 rings (SSSR count). The first-order chi connectivity index (χ1) is 29.0. The van der Waals surface area contributed by atoms with E-state index in [2.05, 4.69) is 0 Å². The Hall–Kier alpha value is -5.07. The summed E-state index contributed by atoms with van der Waals surface area (Å²) in [6, 6.07) is 42.4. The number of fused-ring (bicyclic) bond motifs is 2. The van der Waals surface area contributed by atoms with Crippen molar-refractivity contribution in [3.8, 4) is 5.75 Å². The molecule has 5 aromatic rings. The molecule has 60 heavy (non-hydrogen) atoms. The predicted molar refractivity (Wildman–Crippen MR) is 225 cm³/mol. The zero-order valence-corrected chi connectivity index (χ0v) is 35.1. The molecule has 2 heterocycles. The maximum absolute atomic E-state index is 14.7. The van der Waals surface area contributed by atoms with Gasteiger partial charge in [-0.05, 0) is 86.2 Å². The van der Waals surface area contributed by atoms with Crippen LogP contribution in [0.4, 0.5) is 0 Å². The van der Waals surface area contributed by atoms with E-state index in [0.29, 0.717) is 23.6 Å². The topological polar surface area (TPSA) is 108 Å². The number of rotatable bonds is 17. The number of carbonyl (C=O) groups is 2. The maximum Gasteiger partial charge on any atom is 0.346 e. The van der Waals surface area contributed by atoms with Crippen molar-refractivity contribution < 1.29 is 47.5 Å². The van der Waals surface area contributed by atoms with E-state index in [1.807, 2.05) is 134 Å². The molecule has 314 valence electrons. The van der Waals surface area contributed by atoms with E-state index < -0.39 is 53.8 Å². The van der Waals surface area contributed by atoms with E-state index in [-0.39, 0.29) is 26.4 Å². The average Bonchev–Trinajstić information content (AvgIpc) is 3.62. The standard InChI is InChI=1S/C49H51ClO10/c1-5-53-40-24-21-34(22-25-40)27-38-28-39(23-26-41(38)50)49-44(56-31-37-19-13-8-14-20-37)42(54-29-35-15-9-6-10-16-35)43(55-30-36-17-11-7-12-18-36)48(60-49,32-59-49)46(52)58-33-57-45(51)47(2,3)4/h6-26,28,42-44H,5,27,29-33H2,1-4H3/t42-,43-,44+,48-,49-/m0/s1. The van der Waals surface area contributed by atoms with Crippen molar-refractivity contribution in [2.24, 2.45) is 5.41 Å². The van der Waals surface area contributed by atoms with Gasteiger partial charge in [-0.1, -0.05) is 121 Å². The number of halogens is 1. The molecule has 2 fully saturated rings. The van der Waals surface area contributed by atoms with Crippen LogP contribution in [0.15, 0.2) is 133 Å². The molecule has 10 nitrogen and oxygen atoms in total. The minimum absolute atomic E-state index is 0.0969. The lowest BCUT2D eigenvalue weighted by Crippen LogP contribution is -2.69. The van der Waals surface area contributed by atoms with Crippen LogP contribution >= 0.6 is 11.6 Å². The molecular formula is C49H51ClO10. The third-order valence-electron chi connectivity index (χ3n) is 10.5. The number of hydrogen-bond acceptors (Lipinski definition) is 10. The lowest BCUT2D eigenvalue weighted by molar-refractivity contribution is -0.346. The monoisotopic (exact) mass is 834 g/mol. The average molecular weight is 835 g/mol. The van der Waals surface area contributed by atoms with Gasteiger partial charge in [0.2, 0.25) is 18.2 Å². The van der Waals surface area contributed by atoms with Gasteiger partial charge in [-0.3, -0.25) is 4.79 Å². The number of ether oxygens (including phenoxy) is 8. The van der Waals surface area contributed by atoms with Crippen LogP contribution in [-0.4, -0.2) is 55.9 Å². The van der Waals surface area contributed by atoms with Crippen LogP contribution < -0.4 is 4.74 Å². The Morgan fingerprint density at radius 2 is 1.27 bits per heavy atom. The molecule has 5 atom stereocenters. The molecule has 2 aliphatic rings. The van der Waals surface area contributed by atoms with Crippen molar-refractivity contribution in [1.82, 2.24) is 0 Å². The first-order valence-corrected chi connectivity index (χ1v) is 20.5. The highest BCUT2D eigenvalue weighted by Crippen LogP contribution is 2.54. The Balaban J connectivity index is 1.33. The quantitative estimate of drug-likeness (QED) is 0.0665. The summed E-state index contributed by atoms with van der Waals surface area (Å²) in [6.45, 7) is 7.11. The largest absolute Gasteiger partial charge is 0.494 e. The molecular weight excluding hydrogens is 784 g/mol. The molecule has 0 amide bonds. The molecule has 0 aromatic heterocycles. The van der Waals surface area contributed by atoms with Gasteiger partial charge in [0.05, 0.1) is 38.4 Å². The molecule has 0 radical (unpaired) electrons. The van der Waals surface area contributed by atoms with Gasteiger partial charge < -0.3 is 37.9 Å². The Kier molecular flexibility index (Phi) is 13.7. The van der Waals surface area contributed by atoms with Crippen molar-refractivity contribution in [2.75, 3.05) is 20.0 Å². The fraction of sp³-hybridized carbons (Fsp3) is 0.347. The maximum atomic E-state index is 14.7. The smallest absolute Gasteiger partial charge is 0.346 e. The summed E-state index contributed by atoms with van der Waals surface area (Å²) in [6.07, 6.45) is -2.65. The third kappa shape index (κ3) is 9.76. The van der Waals surface area contributed by atoms with Crippen LogP contribution in [-0.2, 0) is 74.8 Å². The van der Waals surface area contributed by atoms with E-state index in [0.717, 1.165) is 33.6 Å². The molecule has 0 spiro atoms. The van der Waals surface area contributed by atoms with Crippen LogP contribution in [0.2, 0.25) is 5.02 Å². The Bertz CT molecular complexity index is 2180. The molecule has 0 N–H and O–H groups in total. The van der Waals surface area contributed by atoms with Gasteiger partial charge in [0.25, 0.3) is 0 Å². The van der Waals surface area contributed by atoms with Crippen molar-refractivity contribution in [3.63, 3.8) is 0 Å². The molecule has 2 bridgehead atoms. The van der Waals surface area contributed by atoms with Crippen LogP contribution in [0.5, 0.6) is 5.75 Å². The summed E-state index contributed by atoms with van der Waals surface area (Å²) >= 11 is 6.91. The summed E-state index contributed by atoms with van der Waals surface area (Å²) in [5.74, 6) is -2.34. The summed E-state index contributed by atoms with van der Waals surface area (Å²) in [7, 11) is 0. The summed E-state index contributed by atoms with van der Waals surface area (Å²) in [5.41, 5.74) is 2.26. The van der Waals surface area contributed by atoms with Crippen LogP contribution in [0.1, 0.15) is 61.1 Å². The lowest BCUT2D eigenvalue weighted by Gasteiger charge is -2.49. The van der Waals surface area contributed by atoms with Gasteiger partial charge >= 0.3 is 11.9 Å². The Morgan fingerprint density at radius 3 is 1.83 bits per heavy atom. The van der Waals surface area contributed by atoms with E-state index in [4.69, 9.17) is 49.5 Å². The fourth-order valence-corrected chi connectivity index (χ4v) is 7.56. The number of benzene rings is 5. The minimum atomic E-state index is -1.91. The second-order valence-corrected chi connectivity index (χ2v) is 16.3. The Labute approximate surface area is 356 Å². The number of hydrogen-bond donors (Lipinski definition) is 0. The van der Waals surface area contributed by atoms with Crippen molar-refractivity contribution in [2.45, 2.75) is 83.6 Å².